The second kappa shape index (κ2) is 5.29. The molecule has 92 valence electrons. The van der Waals surface area contributed by atoms with Gasteiger partial charge in [-0.15, -0.1) is 0 Å². The van der Waals surface area contributed by atoms with Crippen LogP contribution in [0.15, 0.2) is 10.7 Å². The van der Waals surface area contributed by atoms with Crippen LogP contribution >= 0.6 is 15.9 Å². The van der Waals surface area contributed by atoms with Crippen LogP contribution in [0, 0.1) is 0 Å². The van der Waals surface area contributed by atoms with E-state index in [9.17, 15) is 5.11 Å². The molecule has 0 saturated carbocycles. The Bertz CT molecular complexity index is 348. The van der Waals surface area contributed by atoms with Crippen LogP contribution in [0.4, 0.5) is 0 Å². The average Bonchev–Trinajstić information content (AvgIpc) is 2.58. The van der Waals surface area contributed by atoms with Gasteiger partial charge in [-0.3, -0.25) is 4.68 Å². The largest absolute Gasteiger partial charge is 0.385 e. The molecular weight excluding hydrogens is 272 g/mol. The number of rotatable bonds is 5. The van der Waals surface area contributed by atoms with E-state index in [-0.39, 0.29) is 6.04 Å². The number of aromatic nitrogens is 2. The Morgan fingerprint density at radius 3 is 2.75 bits per heavy atom. The minimum atomic E-state index is -0.935. The van der Waals surface area contributed by atoms with Crippen LogP contribution in [0.5, 0.6) is 0 Å². The summed E-state index contributed by atoms with van der Waals surface area (Å²) in [6, 6.07) is 0.218. The van der Waals surface area contributed by atoms with E-state index in [0.29, 0.717) is 13.0 Å². The number of nitrogens with zero attached hydrogens (tertiary/aromatic N) is 2. The second-order valence-electron chi connectivity index (χ2n) is 4.40. The number of hydrogen-bond donors (Lipinski definition) is 1. The first-order valence-electron chi connectivity index (χ1n) is 5.35. The van der Waals surface area contributed by atoms with Crippen LogP contribution in [0.1, 0.15) is 38.9 Å². The Labute approximate surface area is 105 Å². The second-order valence-corrected chi connectivity index (χ2v) is 5.25. The minimum Gasteiger partial charge on any atom is -0.385 e. The predicted octanol–water partition coefficient (Wildman–Crippen LogP) is 2.47. The third-order valence-corrected chi connectivity index (χ3v) is 3.12. The first kappa shape index (κ1) is 13.7. The third-order valence-electron chi connectivity index (χ3n) is 2.54. The van der Waals surface area contributed by atoms with Crippen LogP contribution in [0.3, 0.4) is 0 Å². The van der Waals surface area contributed by atoms with Crippen molar-refractivity contribution in [3.63, 3.8) is 0 Å². The number of halogens is 1. The zero-order chi connectivity index (χ0) is 12.3. The van der Waals surface area contributed by atoms with Crippen molar-refractivity contribution in [1.29, 1.82) is 0 Å². The molecule has 0 saturated heterocycles. The highest BCUT2D eigenvalue weighted by Crippen LogP contribution is 2.32. The zero-order valence-electron chi connectivity index (χ0n) is 10.2. The highest BCUT2D eigenvalue weighted by molar-refractivity contribution is 9.10. The van der Waals surface area contributed by atoms with E-state index in [1.165, 1.54) is 0 Å². The Balaban J connectivity index is 3.05. The summed E-state index contributed by atoms with van der Waals surface area (Å²) in [6.45, 7) is 6.38. The van der Waals surface area contributed by atoms with Crippen LogP contribution in [-0.2, 0) is 10.3 Å². The Hall–Kier alpha value is -0.390. The number of hydrogen-bond acceptors (Lipinski definition) is 3. The maximum Gasteiger partial charge on any atom is 0.107 e. The molecule has 0 amide bonds. The minimum absolute atomic E-state index is 0.218. The molecule has 5 heteroatoms. The van der Waals surface area contributed by atoms with E-state index in [4.69, 9.17) is 4.74 Å². The molecule has 0 bridgehead atoms. The molecule has 0 aromatic carbocycles. The van der Waals surface area contributed by atoms with Crippen LogP contribution < -0.4 is 0 Å². The van der Waals surface area contributed by atoms with Gasteiger partial charge in [0.2, 0.25) is 0 Å². The third kappa shape index (κ3) is 2.84. The summed E-state index contributed by atoms with van der Waals surface area (Å²) in [5.74, 6) is 0. The molecule has 0 radical (unpaired) electrons. The standard InChI is InChI=1S/C11H19BrN2O2/c1-8(2)14-10(9(12)7-13-14)11(3,15)5-6-16-4/h7-8,15H,5-6H2,1-4H3. The lowest BCUT2D eigenvalue weighted by atomic mass is 9.98. The average molecular weight is 291 g/mol. The van der Waals surface area contributed by atoms with Crippen molar-refractivity contribution in [3.8, 4) is 0 Å². The van der Waals surface area contributed by atoms with Crippen molar-refractivity contribution in [2.24, 2.45) is 0 Å². The molecule has 1 atom stereocenters. The van der Waals surface area contributed by atoms with E-state index in [1.807, 2.05) is 18.5 Å². The van der Waals surface area contributed by atoms with Crippen molar-refractivity contribution in [2.75, 3.05) is 13.7 Å². The molecule has 0 aliphatic carbocycles. The summed E-state index contributed by atoms with van der Waals surface area (Å²) in [4.78, 5) is 0. The Morgan fingerprint density at radius 2 is 2.25 bits per heavy atom. The van der Waals surface area contributed by atoms with E-state index in [2.05, 4.69) is 21.0 Å². The van der Waals surface area contributed by atoms with Crippen LogP contribution in [0.2, 0.25) is 0 Å². The maximum atomic E-state index is 10.4. The predicted molar refractivity (Wildman–Crippen MR) is 66.4 cm³/mol. The summed E-state index contributed by atoms with van der Waals surface area (Å²) in [5.41, 5.74) is -0.130. The van der Waals surface area contributed by atoms with Gasteiger partial charge >= 0.3 is 0 Å². The molecule has 1 aromatic heterocycles. The maximum absolute atomic E-state index is 10.4. The highest BCUT2D eigenvalue weighted by Gasteiger charge is 2.30. The molecule has 1 heterocycles. The van der Waals surface area contributed by atoms with Crippen LogP contribution in [-0.4, -0.2) is 28.6 Å². The van der Waals surface area contributed by atoms with E-state index >= 15 is 0 Å². The van der Waals surface area contributed by atoms with E-state index in [1.54, 1.807) is 20.2 Å². The fraction of sp³-hybridized carbons (Fsp3) is 0.727. The first-order chi connectivity index (χ1) is 7.40. The Morgan fingerprint density at radius 1 is 1.62 bits per heavy atom. The summed E-state index contributed by atoms with van der Waals surface area (Å²) >= 11 is 3.43. The molecule has 16 heavy (non-hydrogen) atoms. The summed E-state index contributed by atoms with van der Waals surface area (Å²) < 4.78 is 7.68. The normalized spacial score (nSPS) is 15.4. The quantitative estimate of drug-likeness (QED) is 0.906. The molecule has 1 aromatic rings. The van der Waals surface area contributed by atoms with Gasteiger partial charge in [0.1, 0.15) is 5.60 Å². The molecule has 1 unspecified atom stereocenters. The SMILES string of the molecule is COCCC(C)(O)c1c(Br)cnn1C(C)C. The van der Waals surface area contributed by atoms with Gasteiger partial charge in [0, 0.05) is 26.2 Å². The van der Waals surface area contributed by atoms with Gasteiger partial charge in [0.25, 0.3) is 0 Å². The highest BCUT2D eigenvalue weighted by atomic mass is 79.9. The van der Waals surface area contributed by atoms with E-state index in [0.717, 1.165) is 10.2 Å². The molecule has 4 nitrogen and oxygen atoms in total. The molecule has 0 fully saturated rings. The lowest BCUT2D eigenvalue weighted by Gasteiger charge is -2.26. The summed E-state index contributed by atoms with van der Waals surface area (Å²) in [5, 5.41) is 14.7. The molecule has 0 aliphatic heterocycles. The van der Waals surface area contributed by atoms with Crippen molar-refractivity contribution in [2.45, 2.75) is 38.8 Å². The Kier molecular flexibility index (Phi) is 4.52. The smallest absolute Gasteiger partial charge is 0.107 e. The number of aliphatic hydroxyl groups is 1. The van der Waals surface area contributed by atoms with E-state index < -0.39 is 5.60 Å². The van der Waals surface area contributed by atoms with Gasteiger partial charge in [0.05, 0.1) is 16.4 Å². The van der Waals surface area contributed by atoms with Crippen molar-refractivity contribution >= 4 is 15.9 Å². The lowest BCUT2D eigenvalue weighted by molar-refractivity contribution is 0.0119. The van der Waals surface area contributed by atoms with Gasteiger partial charge < -0.3 is 9.84 Å². The molecule has 1 rings (SSSR count). The molecule has 0 aliphatic rings. The van der Waals surface area contributed by atoms with Crippen molar-refractivity contribution in [3.05, 3.63) is 16.4 Å². The monoisotopic (exact) mass is 290 g/mol. The summed E-state index contributed by atoms with van der Waals surface area (Å²) in [6.07, 6.45) is 2.26. The van der Waals surface area contributed by atoms with Gasteiger partial charge in [-0.2, -0.15) is 5.10 Å². The summed E-state index contributed by atoms with van der Waals surface area (Å²) in [7, 11) is 1.63. The first-order valence-corrected chi connectivity index (χ1v) is 6.14. The van der Waals surface area contributed by atoms with Gasteiger partial charge in [-0.05, 0) is 36.7 Å². The molecule has 1 N–H and O–H groups in total. The number of methoxy groups -OCH3 is 1. The molecular formula is C11H19BrN2O2. The fourth-order valence-electron chi connectivity index (χ4n) is 1.66. The molecule has 0 spiro atoms. The van der Waals surface area contributed by atoms with Crippen molar-refractivity contribution in [1.82, 2.24) is 9.78 Å². The number of ether oxygens (including phenoxy) is 1. The zero-order valence-corrected chi connectivity index (χ0v) is 11.8. The van der Waals surface area contributed by atoms with Crippen molar-refractivity contribution < 1.29 is 9.84 Å². The van der Waals surface area contributed by atoms with Gasteiger partial charge in [-0.1, -0.05) is 0 Å². The van der Waals surface area contributed by atoms with Gasteiger partial charge in [0.15, 0.2) is 0 Å². The van der Waals surface area contributed by atoms with Crippen LogP contribution in [0.25, 0.3) is 0 Å². The van der Waals surface area contributed by atoms with Gasteiger partial charge in [-0.25, -0.2) is 0 Å². The fourth-order valence-corrected chi connectivity index (χ4v) is 2.36. The topological polar surface area (TPSA) is 47.3 Å². The lowest BCUT2D eigenvalue weighted by Crippen LogP contribution is -2.28.